The Morgan fingerprint density at radius 2 is 2.05 bits per heavy atom. The Morgan fingerprint density at radius 1 is 1.37 bits per heavy atom. The van der Waals surface area contributed by atoms with Gasteiger partial charge in [-0.1, -0.05) is 6.58 Å². The van der Waals surface area contributed by atoms with Crippen LogP contribution in [0.2, 0.25) is 0 Å². The number of rotatable bonds is 5. The zero-order chi connectivity index (χ0) is 13.8. The van der Waals surface area contributed by atoms with E-state index < -0.39 is 0 Å². The van der Waals surface area contributed by atoms with Gasteiger partial charge < -0.3 is 10.1 Å². The fourth-order valence-corrected chi connectivity index (χ4v) is 1.77. The molecule has 1 aliphatic rings. The quantitative estimate of drug-likeness (QED) is 0.651. The van der Waals surface area contributed by atoms with Gasteiger partial charge in [-0.3, -0.25) is 10.1 Å². The van der Waals surface area contributed by atoms with Crippen LogP contribution in [0.15, 0.2) is 60.0 Å². The minimum Gasteiger partial charge on any atom is -0.497 e. The summed E-state index contributed by atoms with van der Waals surface area (Å²) in [5, 5.41) is 13.8. The molecule has 0 atom stereocenters. The number of nitro groups is 1. The predicted molar refractivity (Wildman–Crippen MR) is 73.5 cm³/mol. The molecule has 0 bridgehead atoms. The summed E-state index contributed by atoms with van der Waals surface area (Å²) in [6, 6.07) is 7.39. The Bertz CT molecular complexity index is 571. The molecule has 1 aromatic rings. The first-order valence-electron chi connectivity index (χ1n) is 5.74. The van der Waals surface area contributed by atoms with Gasteiger partial charge >= 0.3 is 0 Å². The first kappa shape index (κ1) is 12.9. The maximum absolute atomic E-state index is 10.6. The summed E-state index contributed by atoms with van der Waals surface area (Å²) in [6.45, 7) is 3.90. The summed E-state index contributed by atoms with van der Waals surface area (Å²) in [7, 11) is 1.61. The van der Waals surface area contributed by atoms with Crippen LogP contribution in [-0.4, -0.2) is 12.0 Å². The molecule has 0 saturated heterocycles. The van der Waals surface area contributed by atoms with Gasteiger partial charge in [-0.05, 0) is 35.9 Å². The molecule has 0 amide bonds. The number of ether oxygens (including phenoxy) is 1. The van der Waals surface area contributed by atoms with Crippen molar-refractivity contribution in [1.29, 1.82) is 0 Å². The normalized spacial score (nSPS) is 13.5. The van der Waals surface area contributed by atoms with Gasteiger partial charge in [0.1, 0.15) is 5.75 Å². The molecule has 1 aliphatic carbocycles. The van der Waals surface area contributed by atoms with Crippen LogP contribution in [0.5, 0.6) is 5.75 Å². The molecule has 0 aliphatic heterocycles. The lowest BCUT2D eigenvalue weighted by Gasteiger charge is -2.10. The van der Waals surface area contributed by atoms with Crippen LogP contribution in [0.1, 0.15) is 6.42 Å². The lowest BCUT2D eigenvalue weighted by molar-refractivity contribution is -0.426. The van der Waals surface area contributed by atoms with Crippen LogP contribution in [0, 0.1) is 10.1 Å². The lowest BCUT2D eigenvalue weighted by atomic mass is 10.1. The van der Waals surface area contributed by atoms with Crippen LogP contribution in [0.4, 0.5) is 5.69 Å². The topological polar surface area (TPSA) is 64.4 Å². The lowest BCUT2D eigenvalue weighted by Crippen LogP contribution is -2.03. The second-order valence-corrected chi connectivity index (χ2v) is 4.12. The number of methoxy groups -OCH3 is 1. The predicted octanol–water partition coefficient (Wildman–Crippen LogP) is 3.11. The van der Waals surface area contributed by atoms with Crippen molar-refractivity contribution in [2.45, 2.75) is 6.42 Å². The van der Waals surface area contributed by atoms with Gasteiger partial charge in [0.2, 0.25) is 0 Å². The van der Waals surface area contributed by atoms with Gasteiger partial charge in [0.25, 0.3) is 5.70 Å². The smallest absolute Gasteiger partial charge is 0.250 e. The van der Waals surface area contributed by atoms with Crippen LogP contribution in [0.25, 0.3) is 0 Å². The van der Waals surface area contributed by atoms with Gasteiger partial charge in [-0.2, -0.15) is 0 Å². The summed E-state index contributed by atoms with van der Waals surface area (Å²) in [6.07, 6.45) is 3.53. The van der Waals surface area contributed by atoms with E-state index in [-0.39, 0.29) is 10.6 Å². The van der Waals surface area contributed by atoms with Crippen LogP contribution < -0.4 is 10.1 Å². The van der Waals surface area contributed by atoms with Crippen molar-refractivity contribution in [3.05, 3.63) is 70.1 Å². The number of hydrogen-bond donors (Lipinski definition) is 1. The number of anilines is 1. The molecule has 19 heavy (non-hydrogen) atoms. The van der Waals surface area contributed by atoms with E-state index in [1.807, 2.05) is 24.3 Å². The molecule has 1 N–H and O–H groups in total. The molecule has 5 nitrogen and oxygen atoms in total. The highest BCUT2D eigenvalue weighted by atomic mass is 16.6. The van der Waals surface area contributed by atoms with Crippen molar-refractivity contribution in [2.75, 3.05) is 12.4 Å². The molecule has 0 heterocycles. The van der Waals surface area contributed by atoms with Crippen LogP contribution in [-0.2, 0) is 0 Å². The highest BCUT2D eigenvalue weighted by Crippen LogP contribution is 2.26. The van der Waals surface area contributed by atoms with Crippen LogP contribution >= 0.6 is 0 Å². The van der Waals surface area contributed by atoms with Gasteiger partial charge in [0.15, 0.2) is 0 Å². The van der Waals surface area contributed by atoms with E-state index >= 15 is 0 Å². The Morgan fingerprint density at radius 3 is 2.58 bits per heavy atom. The second kappa shape index (κ2) is 5.39. The summed E-state index contributed by atoms with van der Waals surface area (Å²) in [5.74, 6) is 0.772. The molecule has 98 valence electrons. The molecular weight excluding hydrogens is 244 g/mol. The Balaban J connectivity index is 1.97. The van der Waals surface area contributed by atoms with Crippen molar-refractivity contribution in [2.24, 2.45) is 0 Å². The Labute approximate surface area is 111 Å². The fourth-order valence-electron chi connectivity index (χ4n) is 1.77. The zero-order valence-electron chi connectivity index (χ0n) is 10.6. The van der Waals surface area contributed by atoms with E-state index in [0.29, 0.717) is 12.1 Å². The molecule has 0 fully saturated rings. The van der Waals surface area contributed by atoms with Gasteiger partial charge in [-0.15, -0.1) is 0 Å². The van der Waals surface area contributed by atoms with E-state index in [0.717, 1.165) is 17.0 Å². The zero-order valence-corrected chi connectivity index (χ0v) is 10.6. The molecule has 0 unspecified atom stereocenters. The molecule has 2 rings (SSSR count). The molecule has 0 saturated carbocycles. The molecule has 0 spiro atoms. The number of nitrogens with one attached hydrogen (secondary N) is 1. The third-order valence-corrected chi connectivity index (χ3v) is 2.86. The maximum Gasteiger partial charge on any atom is 0.250 e. The largest absolute Gasteiger partial charge is 0.497 e. The second-order valence-electron chi connectivity index (χ2n) is 4.12. The van der Waals surface area contributed by atoms with Crippen molar-refractivity contribution in [3.8, 4) is 5.75 Å². The van der Waals surface area contributed by atoms with Crippen LogP contribution in [0.3, 0.4) is 0 Å². The molecule has 0 aromatic heterocycles. The highest BCUT2D eigenvalue weighted by Gasteiger charge is 2.19. The number of nitrogens with zero attached hydrogens (tertiary/aromatic N) is 1. The fraction of sp³-hybridized carbons (Fsp3) is 0.143. The molecule has 1 aromatic carbocycles. The standard InChI is InChI=1S/C14H14N2O3/c1-10(11-3-6-13(9-11)16(17)18)15-12-4-7-14(19-2)8-5-12/h3-8,15H,1,9H2,2H3. The number of benzene rings is 1. The summed E-state index contributed by atoms with van der Waals surface area (Å²) in [5.41, 5.74) is 2.54. The average molecular weight is 258 g/mol. The van der Waals surface area contributed by atoms with Crippen molar-refractivity contribution >= 4 is 5.69 Å². The summed E-state index contributed by atoms with van der Waals surface area (Å²) >= 11 is 0. The summed E-state index contributed by atoms with van der Waals surface area (Å²) in [4.78, 5) is 10.3. The third kappa shape index (κ3) is 3.01. The first-order valence-corrected chi connectivity index (χ1v) is 5.74. The summed E-state index contributed by atoms with van der Waals surface area (Å²) < 4.78 is 5.07. The average Bonchev–Trinajstić information content (AvgIpc) is 2.89. The van der Waals surface area contributed by atoms with Crippen molar-refractivity contribution in [1.82, 2.24) is 0 Å². The van der Waals surface area contributed by atoms with E-state index in [1.54, 1.807) is 13.2 Å². The Hall–Kier alpha value is -2.56. The molecular formula is C14H14N2O3. The van der Waals surface area contributed by atoms with Crippen molar-refractivity contribution in [3.63, 3.8) is 0 Å². The van der Waals surface area contributed by atoms with Crippen molar-refractivity contribution < 1.29 is 9.66 Å². The maximum atomic E-state index is 10.6. The minimum atomic E-state index is -0.371. The van der Waals surface area contributed by atoms with E-state index in [2.05, 4.69) is 11.9 Å². The van der Waals surface area contributed by atoms with E-state index in [1.165, 1.54) is 6.08 Å². The third-order valence-electron chi connectivity index (χ3n) is 2.86. The molecule has 5 heteroatoms. The van der Waals surface area contributed by atoms with Gasteiger partial charge in [-0.25, -0.2) is 0 Å². The number of allylic oxidation sites excluding steroid dienone is 4. The van der Waals surface area contributed by atoms with E-state index in [4.69, 9.17) is 4.74 Å². The van der Waals surface area contributed by atoms with E-state index in [9.17, 15) is 10.1 Å². The molecule has 0 radical (unpaired) electrons. The van der Waals surface area contributed by atoms with Gasteiger partial charge in [0, 0.05) is 17.5 Å². The highest BCUT2D eigenvalue weighted by molar-refractivity contribution is 5.55. The minimum absolute atomic E-state index is 0.188. The SMILES string of the molecule is C=C(Nc1ccc(OC)cc1)C1=CC=C([N+](=O)[O-])C1. The number of hydrogen-bond acceptors (Lipinski definition) is 4. The van der Waals surface area contributed by atoms with Gasteiger partial charge in [0.05, 0.1) is 18.5 Å². The first-order chi connectivity index (χ1) is 9.10. The Kier molecular flexibility index (Phi) is 3.66. The monoisotopic (exact) mass is 258 g/mol.